The molecule has 0 fully saturated rings. The van der Waals surface area contributed by atoms with Gasteiger partial charge in [-0.25, -0.2) is 0 Å². The first-order valence-electron chi connectivity index (χ1n) is 6.34. The van der Waals surface area contributed by atoms with Crippen molar-refractivity contribution < 1.29 is 9.66 Å². The van der Waals surface area contributed by atoms with Crippen molar-refractivity contribution in [2.24, 2.45) is 0 Å². The molecule has 2 aromatic rings. The average Bonchev–Trinajstić information content (AvgIpc) is 2.46. The molecule has 0 radical (unpaired) electrons. The molecule has 0 aliphatic carbocycles. The summed E-state index contributed by atoms with van der Waals surface area (Å²) in [5, 5.41) is 13.9. The third-order valence-corrected chi connectivity index (χ3v) is 3.60. The second-order valence-electron chi connectivity index (χ2n) is 4.53. The molecule has 0 bridgehead atoms. The lowest BCUT2D eigenvalue weighted by atomic mass is 10.1. The van der Waals surface area contributed by atoms with Gasteiger partial charge in [0, 0.05) is 35.9 Å². The highest BCUT2D eigenvalue weighted by Gasteiger charge is 2.08. The Balaban J connectivity index is 2.06. The maximum Gasteiger partial charge on any atom is 0.270 e. The van der Waals surface area contributed by atoms with Crippen molar-refractivity contribution in [2.45, 2.75) is 13.2 Å². The Morgan fingerprint density at radius 1 is 1.24 bits per heavy atom. The van der Waals surface area contributed by atoms with Crippen LogP contribution in [0.4, 0.5) is 11.4 Å². The van der Waals surface area contributed by atoms with Gasteiger partial charge in [-0.3, -0.25) is 10.1 Å². The molecule has 5 nitrogen and oxygen atoms in total. The van der Waals surface area contributed by atoms with Crippen molar-refractivity contribution in [3.8, 4) is 0 Å². The number of methoxy groups -OCH3 is 1. The molecule has 2 rings (SSSR count). The number of ether oxygens (including phenoxy) is 1. The van der Waals surface area contributed by atoms with Crippen LogP contribution in [0, 0.1) is 10.1 Å². The van der Waals surface area contributed by atoms with Crippen LogP contribution in [0.3, 0.4) is 0 Å². The van der Waals surface area contributed by atoms with Crippen LogP contribution in [-0.2, 0) is 17.9 Å². The van der Waals surface area contributed by atoms with E-state index in [4.69, 9.17) is 4.74 Å². The summed E-state index contributed by atoms with van der Waals surface area (Å²) in [5.41, 5.74) is 3.11. The predicted molar refractivity (Wildman–Crippen MR) is 85.3 cm³/mol. The number of halogens is 1. The van der Waals surface area contributed by atoms with Crippen LogP contribution in [0.1, 0.15) is 11.1 Å². The summed E-state index contributed by atoms with van der Waals surface area (Å²) in [6.07, 6.45) is 0. The fourth-order valence-electron chi connectivity index (χ4n) is 1.95. The first kappa shape index (κ1) is 15.5. The summed E-state index contributed by atoms with van der Waals surface area (Å²) in [5.74, 6) is 0. The highest BCUT2D eigenvalue weighted by atomic mass is 79.9. The van der Waals surface area contributed by atoms with E-state index in [0.29, 0.717) is 17.6 Å². The Labute approximate surface area is 131 Å². The van der Waals surface area contributed by atoms with Crippen LogP contribution in [0.25, 0.3) is 0 Å². The number of anilines is 1. The number of hydrogen-bond acceptors (Lipinski definition) is 4. The standard InChI is InChI=1S/C15H15BrN2O3/c1-21-10-12-4-2-3-11(7-12)9-17-15-6-5-13(18(19)20)8-14(15)16/h2-8,17H,9-10H2,1H3. The maximum absolute atomic E-state index is 10.7. The Morgan fingerprint density at radius 2 is 2.00 bits per heavy atom. The first-order valence-corrected chi connectivity index (χ1v) is 7.14. The summed E-state index contributed by atoms with van der Waals surface area (Å²) in [7, 11) is 1.67. The quantitative estimate of drug-likeness (QED) is 0.628. The van der Waals surface area contributed by atoms with Crippen molar-refractivity contribution in [1.82, 2.24) is 0 Å². The predicted octanol–water partition coefficient (Wildman–Crippen LogP) is 4.12. The van der Waals surface area contributed by atoms with Gasteiger partial charge in [-0.05, 0) is 33.1 Å². The summed E-state index contributed by atoms with van der Waals surface area (Å²) in [6.45, 7) is 1.21. The van der Waals surface area contributed by atoms with Crippen LogP contribution >= 0.6 is 15.9 Å². The smallest absolute Gasteiger partial charge is 0.270 e. The molecule has 0 saturated carbocycles. The number of rotatable bonds is 6. The number of nitrogens with one attached hydrogen (secondary N) is 1. The van der Waals surface area contributed by atoms with E-state index in [1.165, 1.54) is 12.1 Å². The van der Waals surface area contributed by atoms with Crippen molar-refractivity contribution in [3.05, 3.63) is 68.2 Å². The SMILES string of the molecule is COCc1cccc(CNc2ccc([N+](=O)[O-])cc2Br)c1. The van der Waals surface area contributed by atoms with Crippen molar-refractivity contribution in [2.75, 3.05) is 12.4 Å². The molecule has 0 saturated heterocycles. The van der Waals surface area contributed by atoms with Gasteiger partial charge in [-0.15, -0.1) is 0 Å². The van der Waals surface area contributed by atoms with Crippen LogP contribution in [0.15, 0.2) is 46.9 Å². The molecule has 0 amide bonds. The zero-order chi connectivity index (χ0) is 15.2. The molecular formula is C15H15BrN2O3. The fraction of sp³-hybridized carbons (Fsp3) is 0.200. The maximum atomic E-state index is 10.7. The molecule has 110 valence electrons. The van der Waals surface area contributed by atoms with E-state index in [1.807, 2.05) is 18.2 Å². The molecule has 0 aliphatic rings. The average molecular weight is 351 g/mol. The van der Waals surface area contributed by atoms with Gasteiger partial charge >= 0.3 is 0 Å². The van der Waals surface area contributed by atoms with E-state index < -0.39 is 4.92 Å². The molecular weight excluding hydrogens is 336 g/mol. The molecule has 1 N–H and O–H groups in total. The van der Waals surface area contributed by atoms with E-state index in [9.17, 15) is 10.1 Å². The van der Waals surface area contributed by atoms with E-state index >= 15 is 0 Å². The highest BCUT2D eigenvalue weighted by molar-refractivity contribution is 9.10. The minimum Gasteiger partial charge on any atom is -0.380 e. The summed E-state index contributed by atoms with van der Waals surface area (Å²) >= 11 is 3.34. The van der Waals surface area contributed by atoms with Crippen LogP contribution in [0.5, 0.6) is 0 Å². The summed E-state index contributed by atoms with van der Waals surface area (Å²) in [6, 6.07) is 12.7. The lowest BCUT2D eigenvalue weighted by Gasteiger charge is -2.09. The van der Waals surface area contributed by atoms with Crippen molar-refractivity contribution in [1.29, 1.82) is 0 Å². The molecule has 0 heterocycles. The van der Waals surface area contributed by atoms with E-state index in [0.717, 1.165) is 16.8 Å². The Bertz CT molecular complexity index is 647. The van der Waals surface area contributed by atoms with Gasteiger partial charge in [0.25, 0.3) is 5.69 Å². The summed E-state index contributed by atoms with van der Waals surface area (Å²) in [4.78, 5) is 10.3. The molecule has 2 aromatic carbocycles. The van der Waals surface area contributed by atoms with E-state index in [-0.39, 0.29) is 5.69 Å². The molecule has 6 heteroatoms. The van der Waals surface area contributed by atoms with Gasteiger partial charge < -0.3 is 10.1 Å². The number of non-ortho nitro benzene ring substituents is 1. The van der Waals surface area contributed by atoms with Crippen molar-refractivity contribution >= 4 is 27.3 Å². The van der Waals surface area contributed by atoms with Gasteiger partial charge in [-0.2, -0.15) is 0 Å². The largest absolute Gasteiger partial charge is 0.380 e. The molecule has 0 atom stereocenters. The fourth-order valence-corrected chi connectivity index (χ4v) is 2.46. The number of nitrogens with zero attached hydrogens (tertiary/aromatic N) is 1. The van der Waals surface area contributed by atoms with Gasteiger partial charge in [0.05, 0.1) is 11.5 Å². The molecule has 0 aromatic heterocycles. The van der Waals surface area contributed by atoms with Crippen LogP contribution < -0.4 is 5.32 Å². The second kappa shape index (κ2) is 7.19. The number of benzene rings is 2. The Morgan fingerprint density at radius 3 is 2.67 bits per heavy atom. The van der Waals surface area contributed by atoms with Crippen LogP contribution in [-0.4, -0.2) is 12.0 Å². The van der Waals surface area contributed by atoms with E-state index in [1.54, 1.807) is 13.2 Å². The number of nitro groups is 1. The van der Waals surface area contributed by atoms with Crippen molar-refractivity contribution in [3.63, 3.8) is 0 Å². The Hall–Kier alpha value is -1.92. The zero-order valence-corrected chi connectivity index (χ0v) is 13.1. The zero-order valence-electron chi connectivity index (χ0n) is 11.5. The number of nitro benzene ring substituents is 1. The third kappa shape index (κ3) is 4.27. The molecule has 0 aliphatic heterocycles. The van der Waals surface area contributed by atoms with Gasteiger partial charge in [0.1, 0.15) is 0 Å². The van der Waals surface area contributed by atoms with Gasteiger partial charge in [0.2, 0.25) is 0 Å². The van der Waals surface area contributed by atoms with Gasteiger partial charge in [0.15, 0.2) is 0 Å². The molecule has 0 unspecified atom stereocenters. The first-order chi connectivity index (χ1) is 10.1. The monoisotopic (exact) mass is 350 g/mol. The number of hydrogen-bond donors (Lipinski definition) is 1. The lowest BCUT2D eigenvalue weighted by Crippen LogP contribution is -2.01. The highest BCUT2D eigenvalue weighted by Crippen LogP contribution is 2.27. The minimum atomic E-state index is -0.414. The lowest BCUT2D eigenvalue weighted by molar-refractivity contribution is -0.384. The van der Waals surface area contributed by atoms with E-state index in [2.05, 4.69) is 27.3 Å². The minimum absolute atomic E-state index is 0.0644. The topological polar surface area (TPSA) is 64.4 Å². The molecule has 0 spiro atoms. The normalized spacial score (nSPS) is 10.4. The van der Waals surface area contributed by atoms with Crippen LogP contribution in [0.2, 0.25) is 0 Å². The van der Waals surface area contributed by atoms with Gasteiger partial charge in [-0.1, -0.05) is 24.3 Å². The third-order valence-electron chi connectivity index (χ3n) is 2.95. The summed E-state index contributed by atoms with van der Waals surface area (Å²) < 4.78 is 5.78. The Kier molecular flexibility index (Phi) is 5.30. The second-order valence-corrected chi connectivity index (χ2v) is 5.38. The molecule has 21 heavy (non-hydrogen) atoms.